The molecule has 0 saturated carbocycles. The van der Waals surface area contributed by atoms with Crippen molar-refractivity contribution in [1.82, 2.24) is 5.32 Å². The molecule has 0 aliphatic heterocycles. The number of hydrogen-bond donors (Lipinski definition) is 1. The van der Waals surface area contributed by atoms with Crippen molar-refractivity contribution in [3.8, 4) is 0 Å². The van der Waals surface area contributed by atoms with E-state index in [1.165, 1.54) is 4.43 Å². The fraction of sp³-hybridized carbons (Fsp3) is 1.00. The van der Waals surface area contributed by atoms with Gasteiger partial charge < -0.3 is 0 Å². The van der Waals surface area contributed by atoms with Gasteiger partial charge in [-0.05, 0) is 0 Å². The second kappa shape index (κ2) is 4.84. The molecule has 0 aromatic rings. The molecule has 46 valence electrons. The van der Waals surface area contributed by atoms with Crippen LogP contribution in [0.2, 0.25) is 0 Å². The Hall–Kier alpha value is 0.690. The first-order valence-corrected chi connectivity index (χ1v) is 5.33. The van der Waals surface area contributed by atoms with Crippen molar-refractivity contribution in [3.63, 3.8) is 0 Å². The van der Waals surface area contributed by atoms with Gasteiger partial charge in [0.05, 0.1) is 0 Å². The van der Waals surface area contributed by atoms with Gasteiger partial charge in [-0.25, -0.2) is 0 Å². The second-order valence-corrected chi connectivity index (χ2v) is 5.60. The first-order valence-electron chi connectivity index (χ1n) is 2.56. The van der Waals surface area contributed by atoms with Crippen LogP contribution in [0.3, 0.4) is 0 Å². The average molecular weight is 214 g/mol. The van der Waals surface area contributed by atoms with Crippen molar-refractivity contribution < 1.29 is 21.2 Å². The SMILES string of the molecule is CC[I-]C(C)NC. The number of alkyl halides is 2. The number of halogens is 1. The summed E-state index contributed by atoms with van der Waals surface area (Å²) < 4.78 is 2.20. The molecule has 0 radical (unpaired) electrons. The summed E-state index contributed by atoms with van der Waals surface area (Å²) in [6.45, 7) is 4.50. The van der Waals surface area contributed by atoms with Gasteiger partial charge in [0.1, 0.15) is 0 Å². The summed E-state index contributed by atoms with van der Waals surface area (Å²) in [4.78, 5) is 0. The third-order valence-corrected chi connectivity index (χ3v) is 3.61. The van der Waals surface area contributed by atoms with Crippen molar-refractivity contribution in [2.75, 3.05) is 11.5 Å². The van der Waals surface area contributed by atoms with E-state index in [-0.39, 0.29) is 0 Å². The minimum absolute atomic E-state index is 0.454. The molecule has 0 saturated heterocycles. The fourth-order valence-corrected chi connectivity index (χ4v) is 2.07. The molecule has 1 N–H and O–H groups in total. The normalized spacial score (nSPS) is 14.7. The summed E-state index contributed by atoms with van der Waals surface area (Å²) in [7, 11) is 2.03. The van der Waals surface area contributed by atoms with Crippen molar-refractivity contribution in [2.45, 2.75) is 17.9 Å². The molecule has 0 amide bonds. The van der Waals surface area contributed by atoms with Crippen LogP contribution in [0.1, 0.15) is 13.8 Å². The van der Waals surface area contributed by atoms with Crippen LogP contribution in [-0.2, 0) is 0 Å². The van der Waals surface area contributed by atoms with Gasteiger partial charge in [-0.1, -0.05) is 0 Å². The molecular formula is C5H13IN-. The van der Waals surface area contributed by atoms with Gasteiger partial charge in [-0.3, -0.25) is 0 Å². The molecule has 0 aliphatic carbocycles. The maximum absolute atomic E-state index is 3.21. The summed E-state index contributed by atoms with van der Waals surface area (Å²) in [5.74, 6) is 0. The van der Waals surface area contributed by atoms with Crippen molar-refractivity contribution in [2.24, 2.45) is 0 Å². The summed E-state index contributed by atoms with van der Waals surface area (Å²) in [5.41, 5.74) is 0. The minimum atomic E-state index is 0.454. The van der Waals surface area contributed by atoms with E-state index in [1.807, 2.05) is 7.05 Å². The standard InChI is InChI=1S/C5H13IN/c1-4-6-5(2)7-3/h5,7H,4H2,1-3H3/q-1. The Balaban J connectivity index is 2.83. The van der Waals surface area contributed by atoms with E-state index in [1.54, 1.807) is 0 Å². The predicted octanol–water partition coefficient (Wildman–Crippen LogP) is -2.34. The molecule has 0 fully saturated rings. The molecule has 0 aromatic carbocycles. The molecule has 0 spiro atoms. The molecule has 1 nitrogen and oxygen atoms in total. The molecular weight excluding hydrogens is 201 g/mol. The fourth-order valence-electron chi connectivity index (χ4n) is 0.309. The van der Waals surface area contributed by atoms with E-state index in [0.717, 1.165) is 4.05 Å². The Labute approximate surface area is 56.1 Å². The quantitative estimate of drug-likeness (QED) is 0.315. The van der Waals surface area contributed by atoms with Gasteiger partial charge >= 0.3 is 55.9 Å². The summed E-state index contributed by atoms with van der Waals surface area (Å²) in [5, 5.41) is 3.21. The topological polar surface area (TPSA) is 12.0 Å². The van der Waals surface area contributed by atoms with Crippen LogP contribution in [0.5, 0.6) is 0 Å². The van der Waals surface area contributed by atoms with Crippen LogP contribution in [0, 0.1) is 0 Å². The zero-order valence-electron chi connectivity index (χ0n) is 5.16. The zero-order valence-corrected chi connectivity index (χ0v) is 7.32. The second-order valence-electron chi connectivity index (χ2n) is 1.33. The van der Waals surface area contributed by atoms with Crippen molar-refractivity contribution in [1.29, 1.82) is 0 Å². The van der Waals surface area contributed by atoms with Crippen molar-refractivity contribution >= 4 is 0 Å². The van der Waals surface area contributed by atoms with Gasteiger partial charge in [-0.2, -0.15) is 0 Å². The maximum atomic E-state index is 3.21. The Morgan fingerprint density at radius 1 is 1.71 bits per heavy atom. The summed E-state index contributed by atoms with van der Waals surface area (Å²) >= 11 is 0.454. The van der Waals surface area contributed by atoms with Gasteiger partial charge in [0.2, 0.25) is 0 Å². The monoisotopic (exact) mass is 214 g/mol. The Bertz CT molecular complexity index is 39.1. The average Bonchev–Trinajstić information content (AvgIpc) is 1.68. The van der Waals surface area contributed by atoms with Crippen molar-refractivity contribution in [3.05, 3.63) is 0 Å². The molecule has 2 heteroatoms. The summed E-state index contributed by atoms with van der Waals surface area (Å²) in [6.07, 6.45) is 0. The van der Waals surface area contributed by atoms with Crippen LogP contribution < -0.4 is 26.5 Å². The van der Waals surface area contributed by atoms with Crippen LogP contribution >= 0.6 is 0 Å². The van der Waals surface area contributed by atoms with Crippen LogP contribution in [0.4, 0.5) is 0 Å². The molecule has 0 aliphatic rings. The van der Waals surface area contributed by atoms with Gasteiger partial charge in [-0.15, -0.1) is 0 Å². The first-order chi connectivity index (χ1) is 3.31. The first kappa shape index (κ1) is 7.69. The van der Waals surface area contributed by atoms with E-state index < -0.39 is 0 Å². The van der Waals surface area contributed by atoms with E-state index in [4.69, 9.17) is 0 Å². The molecule has 0 heterocycles. The predicted molar refractivity (Wildman–Crippen MR) is 29.1 cm³/mol. The van der Waals surface area contributed by atoms with E-state index in [9.17, 15) is 0 Å². The number of nitrogens with one attached hydrogen (secondary N) is 1. The van der Waals surface area contributed by atoms with Gasteiger partial charge in [0.15, 0.2) is 0 Å². The van der Waals surface area contributed by atoms with Crippen LogP contribution in [-0.4, -0.2) is 15.5 Å². The van der Waals surface area contributed by atoms with Crippen LogP contribution in [0.25, 0.3) is 0 Å². The third kappa shape index (κ3) is 4.55. The molecule has 1 unspecified atom stereocenters. The van der Waals surface area contributed by atoms with E-state index in [2.05, 4.69) is 19.2 Å². The number of rotatable bonds is 3. The molecule has 0 bridgehead atoms. The zero-order chi connectivity index (χ0) is 5.70. The molecule has 1 atom stereocenters. The van der Waals surface area contributed by atoms with Crippen LogP contribution in [0.15, 0.2) is 0 Å². The van der Waals surface area contributed by atoms with Gasteiger partial charge in [0, 0.05) is 0 Å². The Morgan fingerprint density at radius 2 is 2.29 bits per heavy atom. The molecule has 0 aromatic heterocycles. The Morgan fingerprint density at radius 3 is 2.43 bits per heavy atom. The van der Waals surface area contributed by atoms with E-state index >= 15 is 0 Å². The number of hydrogen-bond acceptors (Lipinski definition) is 1. The summed E-state index contributed by atoms with van der Waals surface area (Å²) in [6, 6.07) is 0. The molecule has 7 heavy (non-hydrogen) atoms. The third-order valence-electron chi connectivity index (χ3n) is 0.784. The van der Waals surface area contributed by atoms with E-state index in [0.29, 0.717) is 21.2 Å². The van der Waals surface area contributed by atoms with Gasteiger partial charge in [0.25, 0.3) is 0 Å². The molecule has 0 rings (SSSR count). The Kier molecular flexibility index (Phi) is 5.32.